The minimum Gasteiger partial charge on any atom is -0.334 e. The molecular weight excluding hydrogens is 338 g/mol. The number of hydrogen-bond donors (Lipinski definition) is 1. The fourth-order valence-corrected chi connectivity index (χ4v) is 4.41. The summed E-state index contributed by atoms with van der Waals surface area (Å²) in [5.74, 6) is 0.947. The fourth-order valence-electron chi connectivity index (χ4n) is 2.89. The lowest BCUT2D eigenvalue weighted by Gasteiger charge is -2.14. The lowest BCUT2D eigenvalue weighted by molar-refractivity contribution is 0.425. The monoisotopic (exact) mass is 357 g/mol. The van der Waals surface area contributed by atoms with E-state index in [1.54, 1.807) is 45.0 Å². The van der Waals surface area contributed by atoms with E-state index in [1.165, 1.54) is 0 Å². The van der Waals surface area contributed by atoms with Crippen LogP contribution in [0.4, 0.5) is 5.69 Å². The van der Waals surface area contributed by atoms with Crippen LogP contribution in [0, 0.1) is 27.7 Å². The maximum atomic E-state index is 12.8. The number of nitrogens with one attached hydrogen (secondary N) is 1. The minimum atomic E-state index is -3.67. The maximum Gasteiger partial charge on any atom is 0.262 e. The van der Waals surface area contributed by atoms with Gasteiger partial charge in [0.25, 0.3) is 15.9 Å². The molecule has 0 spiro atoms. The molecule has 0 amide bonds. The molecule has 1 heterocycles. The molecule has 0 saturated carbocycles. The summed E-state index contributed by atoms with van der Waals surface area (Å²) in [6, 6.07) is 10.5. The topological polar surface area (TPSA) is 85.1 Å². The second-order valence-corrected chi connectivity index (χ2v) is 7.68. The van der Waals surface area contributed by atoms with Crippen molar-refractivity contribution in [3.63, 3.8) is 0 Å². The predicted molar refractivity (Wildman–Crippen MR) is 95.9 cm³/mol. The van der Waals surface area contributed by atoms with Crippen molar-refractivity contribution in [3.8, 4) is 11.5 Å². The van der Waals surface area contributed by atoms with E-state index in [0.717, 1.165) is 22.3 Å². The van der Waals surface area contributed by atoms with Gasteiger partial charge in [-0.15, -0.1) is 0 Å². The van der Waals surface area contributed by atoms with E-state index in [2.05, 4.69) is 14.9 Å². The fraction of sp³-hybridized carbons (Fsp3) is 0.222. The second kappa shape index (κ2) is 6.33. The van der Waals surface area contributed by atoms with Gasteiger partial charge in [0.2, 0.25) is 0 Å². The smallest absolute Gasteiger partial charge is 0.262 e. The van der Waals surface area contributed by atoms with Gasteiger partial charge >= 0.3 is 0 Å². The van der Waals surface area contributed by atoms with Crippen LogP contribution >= 0.6 is 0 Å². The Bertz CT molecular complexity index is 999. The Hall–Kier alpha value is -2.67. The summed E-state index contributed by atoms with van der Waals surface area (Å²) in [5.41, 5.74) is 3.68. The molecule has 0 bridgehead atoms. The van der Waals surface area contributed by atoms with Gasteiger partial charge in [0.1, 0.15) is 0 Å². The molecule has 0 radical (unpaired) electrons. The summed E-state index contributed by atoms with van der Waals surface area (Å²) >= 11 is 0. The third-order valence-corrected chi connectivity index (χ3v) is 5.47. The van der Waals surface area contributed by atoms with Crippen LogP contribution < -0.4 is 4.72 Å². The molecule has 6 nitrogen and oxygen atoms in total. The largest absolute Gasteiger partial charge is 0.334 e. The Kier molecular flexibility index (Phi) is 4.34. The van der Waals surface area contributed by atoms with E-state index >= 15 is 0 Å². The minimum absolute atomic E-state index is 0.315. The number of rotatable bonds is 4. The van der Waals surface area contributed by atoms with Crippen molar-refractivity contribution in [1.82, 2.24) is 10.1 Å². The number of anilines is 1. The summed E-state index contributed by atoms with van der Waals surface area (Å²) in [4.78, 5) is 4.46. The van der Waals surface area contributed by atoms with Gasteiger partial charge in [0, 0.05) is 11.3 Å². The van der Waals surface area contributed by atoms with Crippen molar-refractivity contribution in [3.05, 3.63) is 58.9 Å². The third-order valence-electron chi connectivity index (χ3n) is 3.79. The number of benzene rings is 2. The van der Waals surface area contributed by atoms with Crippen LogP contribution in [0.25, 0.3) is 11.5 Å². The van der Waals surface area contributed by atoms with E-state index < -0.39 is 10.0 Å². The Labute approximate surface area is 147 Å². The van der Waals surface area contributed by atoms with Crippen molar-refractivity contribution >= 4 is 15.7 Å². The molecule has 0 unspecified atom stereocenters. The summed E-state index contributed by atoms with van der Waals surface area (Å²) in [6.45, 7) is 7.29. The van der Waals surface area contributed by atoms with Crippen molar-refractivity contribution in [2.75, 3.05) is 4.72 Å². The van der Waals surface area contributed by atoms with Crippen molar-refractivity contribution in [2.24, 2.45) is 0 Å². The van der Waals surface area contributed by atoms with Gasteiger partial charge < -0.3 is 4.52 Å². The number of sulfonamides is 1. The van der Waals surface area contributed by atoms with Crippen molar-refractivity contribution in [2.45, 2.75) is 32.6 Å². The standard InChI is InChI=1S/C18H19N3O3S/c1-11-9-12(2)17(13(3)10-11)25(22,23)21-16-7-5-15(6-8-16)18-19-14(4)20-24-18/h5-10,21H,1-4H3. The van der Waals surface area contributed by atoms with E-state index in [0.29, 0.717) is 22.3 Å². The zero-order valence-electron chi connectivity index (χ0n) is 14.5. The quantitative estimate of drug-likeness (QED) is 0.768. The van der Waals surface area contributed by atoms with E-state index in [-0.39, 0.29) is 0 Å². The van der Waals surface area contributed by atoms with Gasteiger partial charge in [-0.25, -0.2) is 8.42 Å². The van der Waals surface area contributed by atoms with Crippen LogP contribution in [0.1, 0.15) is 22.5 Å². The first-order valence-electron chi connectivity index (χ1n) is 7.78. The number of aromatic nitrogens is 2. The highest BCUT2D eigenvalue weighted by molar-refractivity contribution is 7.92. The first-order chi connectivity index (χ1) is 11.8. The highest BCUT2D eigenvalue weighted by atomic mass is 32.2. The lowest BCUT2D eigenvalue weighted by Crippen LogP contribution is -2.15. The molecule has 0 aliphatic carbocycles. The molecule has 25 heavy (non-hydrogen) atoms. The average molecular weight is 357 g/mol. The molecule has 0 aliphatic heterocycles. The summed E-state index contributed by atoms with van der Waals surface area (Å²) in [6.07, 6.45) is 0. The van der Waals surface area contributed by atoms with E-state index in [9.17, 15) is 8.42 Å². The first-order valence-corrected chi connectivity index (χ1v) is 9.26. The lowest BCUT2D eigenvalue weighted by atomic mass is 10.1. The molecule has 130 valence electrons. The Balaban J connectivity index is 1.89. The van der Waals surface area contributed by atoms with Crippen LogP contribution in [-0.2, 0) is 10.0 Å². The molecular formula is C18H19N3O3S. The van der Waals surface area contributed by atoms with Crippen LogP contribution in [0.2, 0.25) is 0 Å². The second-order valence-electron chi connectivity index (χ2n) is 6.06. The first kappa shape index (κ1) is 17.2. The van der Waals surface area contributed by atoms with Gasteiger partial charge in [-0.1, -0.05) is 22.9 Å². The molecule has 3 rings (SSSR count). The summed E-state index contributed by atoms with van der Waals surface area (Å²) in [5, 5.41) is 3.74. The molecule has 0 fully saturated rings. The molecule has 3 aromatic rings. The average Bonchev–Trinajstić information content (AvgIpc) is 2.92. The third kappa shape index (κ3) is 3.56. The molecule has 0 saturated heterocycles. The molecule has 1 aromatic heterocycles. The SMILES string of the molecule is Cc1cc(C)c(S(=O)(=O)Nc2ccc(-c3nc(C)no3)cc2)c(C)c1. The highest BCUT2D eigenvalue weighted by Crippen LogP contribution is 2.25. The molecule has 1 N–H and O–H groups in total. The van der Waals surface area contributed by atoms with Crippen molar-refractivity contribution < 1.29 is 12.9 Å². The van der Waals surface area contributed by atoms with Crippen LogP contribution in [0.15, 0.2) is 45.8 Å². The normalized spacial score (nSPS) is 11.5. The Morgan fingerprint density at radius 1 is 0.960 bits per heavy atom. The number of hydrogen-bond acceptors (Lipinski definition) is 5. The van der Waals surface area contributed by atoms with Gasteiger partial charge in [0.05, 0.1) is 4.90 Å². The van der Waals surface area contributed by atoms with E-state index in [1.807, 2.05) is 19.1 Å². The number of nitrogens with zero attached hydrogens (tertiary/aromatic N) is 2. The summed E-state index contributed by atoms with van der Waals surface area (Å²) in [7, 11) is -3.67. The van der Waals surface area contributed by atoms with Crippen LogP contribution in [-0.4, -0.2) is 18.6 Å². The van der Waals surface area contributed by atoms with Crippen LogP contribution in [0.5, 0.6) is 0 Å². The Morgan fingerprint density at radius 2 is 1.56 bits per heavy atom. The zero-order chi connectivity index (χ0) is 18.2. The molecule has 7 heteroatoms. The van der Waals surface area contributed by atoms with Gasteiger partial charge in [-0.3, -0.25) is 4.72 Å². The zero-order valence-corrected chi connectivity index (χ0v) is 15.3. The highest BCUT2D eigenvalue weighted by Gasteiger charge is 2.20. The summed E-state index contributed by atoms with van der Waals surface area (Å²) < 4.78 is 33.3. The molecule has 2 aromatic carbocycles. The molecule has 0 atom stereocenters. The van der Waals surface area contributed by atoms with Gasteiger partial charge in [-0.2, -0.15) is 4.98 Å². The van der Waals surface area contributed by atoms with Crippen LogP contribution in [0.3, 0.4) is 0 Å². The molecule has 0 aliphatic rings. The van der Waals surface area contributed by atoms with E-state index in [4.69, 9.17) is 4.52 Å². The van der Waals surface area contributed by atoms with Gasteiger partial charge in [0.15, 0.2) is 5.82 Å². The predicted octanol–water partition coefficient (Wildman–Crippen LogP) is 3.77. The maximum absolute atomic E-state index is 12.8. The Morgan fingerprint density at radius 3 is 2.08 bits per heavy atom. The van der Waals surface area contributed by atoms with Gasteiger partial charge in [-0.05, 0) is 63.1 Å². The number of aryl methyl sites for hydroxylation is 4. The van der Waals surface area contributed by atoms with Crippen molar-refractivity contribution in [1.29, 1.82) is 0 Å².